The van der Waals surface area contributed by atoms with Crippen molar-refractivity contribution in [3.63, 3.8) is 0 Å². The first kappa shape index (κ1) is 18.8. The van der Waals surface area contributed by atoms with Crippen LogP contribution in [0.1, 0.15) is 44.1 Å². The molecule has 2 aromatic rings. The second-order valence-electron chi connectivity index (χ2n) is 6.83. The van der Waals surface area contributed by atoms with E-state index in [0.717, 1.165) is 31.2 Å². The van der Waals surface area contributed by atoms with Gasteiger partial charge < -0.3 is 5.32 Å². The lowest BCUT2D eigenvalue weighted by atomic mass is 9.95. The number of amides is 1. The van der Waals surface area contributed by atoms with Crippen molar-refractivity contribution >= 4 is 26.8 Å². The van der Waals surface area contributed by atoms with E-state index in [-0.39, 0.29) is 29.8 Å². The van der Waals surface area contributed by atoms with Crippen LogP contribution in [0.15, 0.2) is 35.4 Å². The SMILES string of the molecule is Cc1ccc(S(=O)(=O)NCCC(=O)NC2CCCCC2)c2cccnc12. The van der Waals surface area contributed by atoms with Gasteiger partial charge in [0, 0.05) is 30.6 Å². The van der Waals surface area contributed by atoms with E-state index in [2.05, 4.69) is 15.0 Å². The fourth-order valence-corrected chi connectivity index (χ4v) is 4.67. The van der Waals surface area contributed by atoms with E-state index in [1.165, 1.54) is 6.42 Å². The number of rotatable bonds is 6. The van der Waals surface area contributed by atoms with Crippen LogP contribution in [0.3, 0.4) is 0 Å². The molecule has 140 valence electrons. The van der Waals surface area contributed by atoms with E-state index in [9.17, 15) is 13.2 Å². The zero-order chi connectivity index (χ0) is 18.6. The molecule has 0 radical (unpaired) electrons. The number of aromatic nitrogens is 1. The summed E-state index contributed by atoms with van der Waals surface area (Å²) in [5, 5.41) is 3.59. The van der Waals surface area contributed by atoms with Gasteiger partial charge in [0.25, 0.3) is 0 Å². The fourth-order valence-electron chi connectivity index (χ4n) is 3.45. The summed E-state index contributed by atoms with van der Waals surface area (Å²) in [5.74, 6) is -0.102. The van der Waals surface area contributed by atoms with Crippen molar-refractivity contribution in [3.05, 3.63) is 36.0 Å². The van der Waals surface area contributed by atoms with E-state index in [0.29, 0.717) is 10.9 Å². The third-order valence-corrected chi connectivity index (χ3v) is 6.35. The van der Waals surface area contributed by atoms with Crippen molar-refractivity contribution in [2.45, 2.75) is 56.4 Å². The van der Waals surface area contributed by atoms with Gasteiger partial charge in [0.2, 0.25) is 15.9 Å². The van der Waals surface area contributed by atoms with Crippen LogP contribution in [0.2, 0.25) is 0 Å². The number of benzene rings is 1. The Hall–Kier alpha value is -1.99. The minimum absolute atomic E-state index is 0.0799. The fraction of sp³-hybridized carbons (Fsp3) is 0.474. The molecular weight excluding hydrogens is 350 g/mol. The molecule has 1 saturated carbocycles. The van der Waals surface area contributed by atoms with Crippen LogP contribution in [0, 0.1) is 6.92 Å². The lowest BCUT2D eigenvalue weighted by molar-refractivity contribution is -0.121. The summed E-state index contributed by atoms with van der Waals surface area (Å²) in [6.45, 7) is 1.98. The standard InChI is InChI=1S/C19H25N3O3S/c1-14-9-10-17(16-8-5-12-20-19(14)16)26(24,25)21-13-11-18(23)22-15-6-3-2-4-7-15/h5,8-10,12,15,21H,2-4,6-7,11,13H2,1H3,(H,22,23). The highest BCUT2D eigenvalue weighted by molar-refractivity contribution is 7.89. The molecule has 0 saturated heterocycles. The molecule has 0 atom stereocenters. The van der Waals surface area contributed by atoms with Crippen molar-refractivity contribution in [2.24, 2.45) is 0 Å². The Labute approximate surface area is 154 Å². The van der Waals surface area contributed by atoms with Crippen molar-refractivity contribution in [2.75, 3.05) is 6.54 Å². The predicted molar refractivity (Wildman–Crippen MR) is 101 cm³/mol. The average Bonchev–Trinajstić information content (AvgIpc) is 2.62. The summed E-state index contributed by atoms with van der Waals surface area (Å²) in [6, 6.07) is 7.04. The smallest absolute Gasteiger partial charge is 0.241 e. The Bertz CT molecular complexity index is 890. The van der Waals surface area contributed by atoms with Crippen LogP contribution in [0.25, 0.3) is 10.9 Å². The molecule has 6 nitrogen and oxygen atoms in total. The molecule has 3 rings (SSSR count). The van der Waals surface area contributed by atoms with Gasteiger partial charge in [-0.1, -0.05) is 25.3 Å². The highest BCUT2D eigenvalue weighted by Gasteiger charge is 2.19. The highest BCUT2D eigenvalue weighted by atomic mass is 32.2. The third kappa shape index (κ3) is 4.40. The quantitative estimate of drug-likeness (QED) is 0.812. The molecule has 1 aromatic heterocycles. The van der Waals surface area contributed by atoms with Crippen LogP contribution in [0.4, 0.5) is 0 Å². The molecule has 0 spiro atoms. The first-order valence-corrected chi connectivity index (χ1v) is 10.6. The number of carbonyl (C=O) groups excluding carboxylic acids is 1. The molecule has 1 aliphatic carbocycles. The van der Waals surface area contributed by atoms with Gasteiger partial charge >= 0.3 is 0 Å². The summed E-state index contributed by atoms with van der Waals surface area (Å²) >= 11 is 0. The third-order valence-electron chi connectivity index (χ3n) is 4.84. The minimum atomic E-state index is -3.70. The number of fused-ring (bicyclic) bond motifs is 1. The molecule has 1 aliphatic rings. The molecule has 0 unspecified atom stereocenters. The van der Waals surface area contributed by atoms with E-state index in [1.807, 2.05) is 6.92 Å². The summed E-state index contributed by atoms with van der Waals surface area (Å²) in [4.78, 5) is 16.5. The summed E-state index contributed by atoms with van der Waals surface area (Å²) < 4.78 is 27.9. The Morgan fingerprint density at radius 1 is 1.19 bits per heavy atom. The first-order chi connectivity index (χ1) is 12.5. The first-order valence-electron chi connectivity index (χ1n) is 9.11. The van der Waals surface area contributed by atoms with E-state index >= 15 is 0 Å². The molecule has 0 bridgehead atoms. The molecule has 7 heteroatoms. The monoisotopic (exact) mass is 375 g/mol. The molecule has 0 aliphatic heterocycles. The Morgan fingerprint density at radius 2 is 1.96 bits per heavy atom. The molecule has 2 N–H and O–H groups in total. The second-order valence-corrected chi connectivity index (χ2v) is 8.57. The number of sulfonamides is 1. The van der Waals surface area contributed by atoms with Gasteiger partial charge in [-0.3, -0.25) is 9.78 Å². The van der Waals surface area contributed by atoms with Gasteiger partial charge in [-0.2, -0.15) is 0 Å². The Balaban J connectivity index is 1.63. The topological polar surface area (TPSA) is 88.2 Å². The van der Waals surface area contributed by atoms with E-state index in [1.54, 1.807) is 30.5 Å². The number of hydrogen-bond acceptors (Lipinski definition) is 4. The van der Waals surface area contributed by atoms with Gasteiger partial charge in [0.05, 0.1) is 10.4 Å². The lowest BCUT2D eigenvalue weighted by Gasteiger charge is -2.22. The maximum atomic E-state index is 12.7. The number of pyridine rings is 1. The van der Waals surface area contributed by atoms with Gasteiger partial charge in [-0.25, -0.2) is 13.1 Å². The van der Waals surface area contributed by atoms with Gasteiger partial charge in [-0.15, -0.1) is 0 Å². The highest BCUT2D eigenvalue weighted by Crippen LogP contribution is 2.24. The Morgan fingerprint density at radius 3 is 2.73 bits per heavy atom. The molecular formula is C19H25N3O3S. The predicted octanol–water partition coefficient (Wildman–Crippen LogP) is 2.66. The minimum Gasteiger partial charge on any atom is -0.353 e. The summed E-state index contributed by atoms with van der Waals surface area (Å²) in [5.41, 5.74) is 1.59. The van der Waals surface area contributed by atoms with Crippen molar-refractivity contribution in [1.82, 2.24) is 15.0 Å². The normalized spacial score (nSPS) is 15.9. The summed E-state index contributed by atoms with van der Waals surface area (Å²) in [6.07, 6.45) is 7.33. The van der Waals surface area contributed by atoms with Gasteiger partial charge in [0.1, 0.15) is 0 Å². The number of hydrogen-bond donors (Lipinski definition) is 2. The van der Waals surface area contributed by atoms with Gasteiger partial charge in [-0.05, 0) is 43.5 Å². The van der Waals surface area contributed by atoms with Crippen LogP contribution >= 0.6 is 0 Å². The van der Waals surface area contributed by atoms with Crippen LogP contribution in [-0.4, -0.2) is 31.9 Å². The van der Waals surface area contributed by atoms with Crippen molar-refractivity contribution in [3.8, 4) is 0 Å². The zero-order valence-electron chi connectivity index (χ0n) is 15.0. The van der Waals surface area contributed by atoms with Crippen LogP contribution in [-0.2, 0) is 14.8 Å². The second kappa shape index (κ2) is 8.14. The van der Waals surface area contributed by atoms with E-state index < -0.39 is 10.0 Å². The lowest BCUT2D eigenvalue weighted by Crippen LogP contribution is -2.38. The number of nitrogens with one attached hydrogen (secondary N) is 2. The molecule has 1 fully saturated rings. The van der Waals surface area contributed by atoms with Crippen LogP contribution < -0.4 is 10.0 Å². The molecule has 26 heavy (non-hydrogen) atoms. The molecule has 1 heterocycles. The maximum Gasteiger partial charge on any atom is 0.241 e. The number of aryl methyl sites for hydroxylation is 1. The molecule has 1 amide bonds. The number of nitrogens with zero attached hydrogens (tertiary/aromatic N) is 1. The van der Waals surface area contributed by atoms with E-state index in [4.69, 9.17) is 0 Å². The van der Waals surface area contributed by atoms with Gasteiger partial charge in [0.15, 0.2) is 0 Å². The average molecular weight is 375 g/mol. The van der Waals surface area contributed by atoms with Crippen LogP contribution in [0.5, 0.6) is 0 Å². The molecule has 1 aromatic carbocycles. The van der Waals surface area contributed by atoms with Crippen molar-refractivity contribution < 1.29 is 13.2 Å². The zero-order valence-corrected chi connectivity index (χ0v) is 15.8. The Kier molecular flexibility index (Phi) is 5.88. The summed E-state index contributed by atoms with van der Waals surface area (Å²) in [7, 11) is -3.70. The maximum absolute atomic E-state index is 12.7. The largest absolute Gasteiger partial charge is 0.353 e. The van der Waals surface area contributed by atoms with Crippen molar-refractivity contribution in [1.29, 1.82) is 0 Å². The number of carbonyl (C=O) groups is 1.